The summed E-state index contributed by atoms with van der Waals surface area (Å²) in [6, 6.07) is 6.49. The fraction of sp³-hybridized carbons (Fsp3) is 0.680. The van der Waals surface area contributed by atoms with Crippen molar-refractivity contribution >= 4 is 6.08 Å². The lowest BCUT2D eigenvalue weighted by atomic mass is 9.94. The smallest absolute Gasteiger partial charge is 0.129 e. The minimum atomic E-state index is 0.0748. The van der Waals surface area contributed by atoms with Crippen LogP contribution in [-0.2, 0) is 0 Å². The second-order valence-electron chi connectivity index (χ2n) is 8.01. The van der Waals surface area contributed by atoms with Crippen LogP contribution in [0.5, 0.6) is 5.75 Å². The molecule has 0 aromatic heterocycles. The van der Waals surface area contributed by atoms with Gasteiger partial charge >= 0.3 is 0 Å². The van der Waals surface area contributed by atoms with Gasteiger partial charge < -0.3 is 9.84 Å². The Hall–Kier alpha value is -1.28. The molecule has 0 bridgehead atoms. The first-order valence-corrected chi connectivity index (χ1v) is 11.4. The second kappa shape index (κ2) is 13.8. The predicted octanol–water partition coefficient (Wildman–Crippen LogP) is 7.26. The van der Waals surface area contributed by atoms with Crippen molar-refractivity contribution in [1.29, 1.82) is 0 Å². The zero-order valence-corrected chi connectivity index (χ0v) is 17.4. The van der Waals surface area contributed by atoms with Gasteiger partial charge in [-0.1, -0.05) is 101 Å². The molecule has 0 unspecified atom stereocenters. The molecule has 0 radical (unpaired) electrons. The van der Waals surface area contributed by atoms with E-state index in [1.165, 1.54) is 82.6 Å². The monoisotopic (exact) mass is 372 g/mol. The molecule has 0 saturated heterocycles. The molecule has 0 atom stereocenters. The standard InChI is InChI=1S/C25H40O2/c1-2-3-4-5-6-7-8-9-12-21-27-25-23(18-14-20-26)17-13-19-24(25)22-15-10-11-16-22/h13-14,17-19,22,26H,2-12,15-16,20-21H2,1H3/b18-14+. The van der Waals surface area contributed by atoms with Crippen molar-refractivity contribution in [3.05, 3.63) is 35.4 Å². The number of aliphatic hydroxyl groups excluding tert-OH is 1. The maximum absolute atomic E-state index is 9.14. The SMILES string of the molecule is CCCCCCCCCCCOc1c(/C=C/CO)cccc1C1CCCC1. The van der Waals surface area contributed by atoms with E-state index in [2.05, 4.69) is 25.1 Å². The number of hydrogen-bond donors (Lipinski definition) is 1. The van der Waals surface area contributed by atoms with Gasteiger partial charge in [-0.3, -0.25) is 0 Å². The predicted molar refractivity (Wildman–Crippen MR) is 116 cm³/mol. The zero-order chi connectivity index (χ0) is 19.2. The Morgan fingerprint density at radius 1 is 0.963 bits per heavy atom. The lowest BCUT2D eigenvalue weighted by Crippen LogP contribution is -2.04. The quantitative estimate of drug-likeness (QED) is 0.348. The van der Waals surface area contributed by atoms with Crippen LogP contribution >= 0.6 is 0 Å². The Morgan fingerprint density at radius 2 is 1.63 bits per heavy atom. The number of rotatable bonds is 14. The van der Waals surface area contributed by atoms with E-state index in [1.54, 1.807) is 6.08 Å². The maximum Gasteiger partial charge on any atom is 0.129 e. The van der Waals surface area contributed by atoms with Gasteiger partial charge in [-0.25, -0.2) is 0 Å². The van der Waals surface area contributed by atoms with E-state index in [9.17, 15) is 0 Å². The van der Waals surface area contributed by atoms with Crippen LogP contribution in [0.1, 0.15) is 107 Å². The number of para-hydroxylation sites is 1. The maximum atomic E-state index is 9.14. The summed E-state index contributed by atoms with van der Waals surface area (Å²) in [7, 11) is 0. The number of unbranched alkanes of at least 4 members (excludes halogenated alkanes) is 8. The summed E-state index contributed by atoms with van der Waals surface area (Å²) in [6.07, 6.45) is 21.0. The molecule has 27 heavy (non-hydrogen) atoms. The van der Waals surface area contributed by atoms with Crippen LogP contribution < -0.4 is 4.74 Å². The third kappa shape index (κ3) is 8.09. The molecular formula is C25H40O2. The fourth-order valence-electron chi connectivity index (χ4n) is 4.20. The topological polar surface area (TPSA) is 29.5 Å². The summed E-state index contributed by atoms with van der Waals surface area (Å²) in [4.78, 5) is 0. The molecule has 0 aliphatic heterocycles. The molecule has 1 aromatic carbocycles. The molecule has 2 nitrogen and oxygen atoms in total. The van der Waals surface area contributed by atoms with Gasteiger partial charge in [0.05, 0.1) is 13.2 Å². The summed E-state index contributed by atoms with van der Waals surface area (Å²) < 4.78 is 6.30. The van der Waals surface area contributed by atoms with Gasteiger partial charge in [-0.05, 0) is 30.7 Å². The van der Waals surface area contributed by atoms with Crippen molar-refractivity contribution in [3.63, 3.8) is 0 Å². The van der Waals surface area contributed by atoms with Crippen LogP contribution in [0.2, 0.25) is 0 Å². The molecule has 1 N–H and O–H groups in total. The Morgan fingerprint density at radius 3 is 2.30 bits per heavy atom. The van der Waals surface area contributed by atoms with Crippen LogP contribution in [-0.4, -0.2) is 18.3 Å². The molecule has 1 aliphatic rings. The van der Waals surface area contributed by atoms with Crippen molar-refractivity contribution < 1.29 is 9.84 Å². The molecular weight excluding hydrogens is 332 g/mol. The van der Waals surface area contributed by atoms with Crippen LogP contribution in [0.4, 0.5) is 0 Å². The van der Waals surface area contributed by atoms with Gasteiger partial charge in [0.15, 0.2) is 0 Å². The van der Waals surface area contributed by atoms with Gasteiger partial charge in [0.1, 0.15) is 5.75 Å². The average Bonchev–Trinajstić information content (AvgIpc) is 3.22. The number of aliphatic hydroxyl groups is 1. The Labute approximate surface area is 167 Å². The molecule has 0 spiro atoms. The highest BCUT2D eigenvalue weighted by Gasteiger charge is 2.21. The van der Waals surface area contributed by atoms with Crippen LogP contribution in [0.15, 0.2) is 24.3 Å². The molecule has 2 rings (SSSR count). The fourth-order valence-corrected chi connectivity index (χ4v) is 4.20. The van der Waals surface area contributed by atoms with E-state index in [0.29, 0.717) is 5.92 Å². The summed E-state index contributed by atoms with van der Waals surface area (Å²) >= 11 is 0. The van der Waals surface area contributed by atoms with Gasteiger partial charge in [0, 0.05) is 5.56 Å². The number of ether oxygens (including phenoxy) is 1. The molecule has 0 heterocycles. The molecule has 1 fully saturated rings. The van der Waals surface area contributed by atoms with Crippen molar-refractivity contribution in [2.45, 2.75) is 96.3 Å². The van der Waals surface area contributed by atoms with Crippen molar-refractivity contribution in [2.75, 3.05) is 13.2 Å². The average molecular weight is 373 g/mol. The summed E-state index contributed by atoms with van der Waals surface area (Å²) in [5.74, 6) is 1.71. The van der Waals surface area contributed by atoms with E-state index < -0.39 is 0 Å². The molecule has 1 aromatic rings. The molecule has 1 aliphatic carbocycles. The molecule has 1 saturated carbocycles. The Balaban J connectivity index is 1.79. The van der Waals surface area contributed by atoms with E-state index in [-0.39, 0.29) is 6.61 Å². The summed E-state index contributed by atoms with van der Waals surface area (Å²) in [5.41, 5.74) is 2.49. The first-order valence-electron chi connectivity index (χ1n) is 11.4. The molecule has 2 heteroatoms. The Kier molecular flexibility index (Phi) is 11.3. The molecule has 152 valence electrons. The summed E-state index contributed by atoms with van der Waals surface area (Å²) in [5, 5.41) is 9.14. The van der Waals surface area contributed by atoms with Crippen LogP contribution in [0.25, 0.3) is 6.08 Å². The highest BCUT2D eigenvalue weighted by Crippen LogP contribution is 2.40. The highest BCUT2D eigenvalue weighted by atomic mass is 16.5. The largest absolute Gasteiger partial charge is 0.493 e. The first-order chi connectivity index (χ1) is 13.4. The van der Waals surface area contributed by atoms with Gasteiger partial charge in [-0.15, -0.1) is 0 Å². The lowest BCUT2D eigenvalue weighted by molar-refractivity contribution is 0.299. The number of hydrogen-bond acceptors (Lipinski definition) is 2. The zero-order valence-electron chi connectivity index (χ0n) is 17.4. The minimum Gasteiger partial charge on any atom is -0.493 e. The molecule has 0 amide bonds. The first kappa shape index (κ1) is 22.0. The van der Waals surface area contributed by atoms with E-state index in [4.69, 9.17) is 9.84 Å². The van der Waals surface area contributed by atoms with E-state index >= 15 is 0 Å². The van der Waals surface area contributed by atoms with Gasteiger partial charge in [0.25, 0.3) is 0 Å². The van der Waals surface area contributed by atoms with Crippen LogP contribution in [0, 0.1) is 0 Å². The van der Waals surface area contributed by atoms with E-state index in [1.807, 2.05) is 6.08 Å². The van der Waals surface area contributed by atoms with Crippen molar-refractivity contribution in [3.8, 4) is 5.75 Å². The third-order valence-corrected chi connectivity index (χ3v) is 5.77. The minimum absolute atomic E-state index is 0.0748. The van der Waals surface area contributed by atoms with Gasteiger partial charge in [-0.2, -0.15) is 0 Å². The number of benzene rings is 1. The Bertz CT molecular complexity index is 529. The normalized spacial score (nSPS) is 15.0. The van der Waals surface area contributed by atoms with E-state index in [0.717, 1.165) is 24.3 Å². The van der Waals surface area contributed by atoms with Crippen LogP contribution in [0.3, 0.4) is 0 Å². The lowest BCUT2D eigenvalue weighted by Gasteiger charge is -2.18. The van der Waals surface area contributed by atoms with Crippen molar-refractivity contribution in [2.24, 2.45) is 0 Å². The van der Waals surface area contributed by atoms with Crippen molar-refractivity contribution in [1.82, 2.24) is 0 Å². The third-order valence-electron chi connectivity index (χ3n) is 5.77. The second-order valence-corrected chi connectivity index (χ2v) is 8.01. The highest BCUT2D eigenvalue weighted by molar-refractivity contribution is 5.60. The summed E-state index contributed by atoms with van der Waals surface area (Å²) in [6.45, 7) is 3.15. The van der Waals surface area contributed by atoms with Gasteiger partial charge in [0.2, 0.25) is 0 Å².